The number of piperazine rings is 1. The van der Waals surface area contributed by atoms with E-state index in [9.17, 15) is 9.59 Å². The number of anilines is 2. The molecule has 0 unspecified atom stereocenters. The number of benzene rings is 3. The van der Waals surface area contributed by atoms with Crippen molar-refractivity contribution in [2.45, 2.75) is 25.8 Å². The van der Waals surface area contributed by atoms with Gasteiger partial charge in [0, 0.05) is 50.7 Å². The molecule has 5 rings (SSSR count). The lowest BCUT2D eigenvalue weighted by atomic mass is 10.0. The SMILES string of the molecule is COc1ccc(C(=O)Nc2cc(-c3cccc(CN(CCCN)C(=O)C4CC4)c3)ccc2N2CCN(C)CC2)cc1OC. The Morgan fingerprint density at radius 3 is 2.37 bits per heavy atom. The van der Waals surface area contributed by atoms with Crippen LogP contribution in [-0.4, -0.2) is 82.1 Å². The Balaban J connectivity index is 1.43. The Labute approximate surface area is 254 Å². The molecule has 3 aromatic carbocycles. The monoisotopic (exact) mass is 585 g/mol. The molecule has 43 heavy (non-hydrogen) atoms. The quantitative estimate of drug-likeness (QED) is 0.324. The maximum Gasteiger partial charge on any atom is 0.255 e. The summed E-state index contributed by atoms with van der Waals surface area (Å²) in [5.74, 6) is 1.24. The van der Waals surface area contributed by atoms with Crippen molar-refractivity contribution >= 4 is 23.2 Å². The molecule has 3 N–H and O–H groups in total. The lowest BCUT2D eigenvalue weighted by Crippen LogP contribution is -2.44. The normalized spacial score (nSPS) is 15.2. The molecule has 1 aliphatic heterocycles. The zero-order valence-electron chi connectivity index (χ0n) is 25.5. The molecule has 9 nitrogen and oxygen atoms in total. The van der Waals surface area contributed by atoms with Crippen LogP contribution in [-0.2, 0) is 11.3 Å². The molecule has 2 fully saturated rings. The second kappa shape index (κ2) is 13.9. The fourth-order valence-corrected chi connectivity index (χ4v) is 5.52. The molecule has 0 bridgehead atoms. The molecule has 0 radical (unpaired) electrons. The fourth-order valence-electron chi connectivity index (χ4n) is 5.52. The van der Waals surface area contributed by atoms with Gasteiger partial charge in [-0.2, -0.15) is 0 Å². The molecule has 1 saturated heterocycles. The summed E-state index contributed by atoms with van der Waals surface area (Å²) in [6.45, 7) is 5.44. The molecule has 0 atom stereocenters. The number of hydrogen-bond donors (Lipinski definition) is 2. The van der Waals surface area contributed by atoms with Gasteiger partial charge in [0.25, 0.3) is 5.91 Å². The smallest absolute Gasteiger partial charge is 0.255 e. The summed E-state index contributed by atoms with van der Waals surface area (Å²) in [7, 11) is 5.26. The van der Waals surface area contributed by atoms with Gasteiger partial charge in [0.15, 0.2) is 11.5 Å². The number of ether oxygens (including phenoxy) is 2. The van der Waals surface area contributed by atoms with Crippen LogP contribution in [0.15, 0.2) is 60.7 Å². The summed E-state index contributed by atoms with van der Waals surface area (Å²) < 4.78 is 10.8. The molecule has 1 heterocycles. The van der Waals surface area contributed by atoms with E-state index in [1.807, 2.05) is 17.0 Å². The van der Waals surface area contributed by atoms with Crippen molar-refractivity contribution in [2.24, 2.45) is 11.7 Å². The largest absolute Gasteiger partial charge is 0.493 e. The Morgan fingerprint density at radius 1 is 0.930 bits per heavy atom. The van der Waals surface area contributed by atoms with Gasteiger partial charge >= 0.3 is 0 Å². The molecule has 1 aliphatic carbocycles. The summed E-state index contributed by atoms with van der Waals surface area (Å²) in [6.07, 6.45) is 2.75. The maximum atomic E-state index is 13.5. The van der Waals surface area contributed by atoms with Crippen LogP contribution >= 0.6 is 0 Å². The van der Waals surface area contributed by atoms with Crippen LogP contribution in [0, 0.1) is 5.92 Å². The summed E-state index contributed by atoms with van der Waals surface area (Å²) >= 11 is 0. The Kier molecular flexibility index (Phi) is 9.84. The standard InChI is InChI=1S/C34H43N5O4/c1-37-16-18-38(19-17-37)30-12-10-27(21-29(30)36-33(40)28-11-13-31(42-2)32(22-28)43-3)26-7-4-6-24(20-26)23-39(15-5-14-35)34(41)25-8-9-25/h4,6-7,10-13,20-22,25H,5,8-9,14-19,23,35H2,1-3H3,(H,36,40). The van der Waals surface area contributed by atoms with E-state index >= 15 is 0 Å². The van der Waals surface area contributed by atoms with Gasteiger partial charge < -0.3 is 35.2 Å². The van der Waals surface area contributed by atoms with Crippen molar-refractivity contribution in [3.05, 3.63) is 71.8 Å². The minimum atomic E-state index is -0.226. The second-order valence-electron chi connectivity index (χ2n) is 11.4. The highest BCUT2D eigenvalue weighted by atomic mass is 16.5. The minimum absolute atomic E-state index is 0.167. The first-order valence-corrected chi connectivity index (χ1v) is 15.1. The lowest BCUT2D eigenvalue weighted by molar-refractivity contribution is -0.133. The summed E-state index contributed by atoms with van der Waals surface area (Å²) in [4.78, 5) is 33.0. The average molecular weight is 586 g/mol. The number of nitrogens with one attached hydrogen (secondary N) is 1. The van der Waals surface area contributed by atoms with Crippen LogP contribution in [0.25, 0.3) is 11.1 Å². The number of carbonyl (C=O) groups excluding carboxylic acids is 2. The topological polar surface area (TPSA) is 100 Å². The van der Waals surface area contributed by atoms with Gasteiger partial charge in [-0.15, -0.1) is 0 Å². The van der Waals surface area contributed by atoms with Gasteiger partial charge in [-0.05, 0) is 85.9 Å². The molecule has 228 valence electrons. The highest BCUT2D eigenvalue weighted by Gasteiger charge is 2.33. The number of rotatable bonds is 12. The van der Waals surface area contributed by atoms with E-state index in [-0.39, 0.29) is 17.7 Å². The predicted molar refractivity (Wildman–Crippen MR) is 171 cm³/mol. The maximum absolute atomic E-state index is 13.5. The molecular weight excluding hydrogens is 542 g/mol. The lowest BCUT2D eigenvalue weighted by Gasteiger charge is -2.35. The van der Waals surface area contributed by atoms with E-state index < -0.39 is 0 Å². The van der Waals surface area contributed by atoms with E-state index in [1.54, 1.807) is 32.4 Å². The fraction of sp³-hybridized carbons (Fsp3) is 0.412. The number of nitrogens with two attached hydrogens (primary N) is 1. The van der Waals surface area contributed by atoms with Crippen LogP contribution in [0.1, 0.15) is 35.2 Å². The minimum Gasteiger partial charge on any atom is -0.493 e. The van der Waals surface area contributed by atoms with Gasteiger partial charge in [0.1, 0.15) is 0 Å². The van der Waals surface area contributed by atoms with Crippen LogP contribution in [0.5, 0.6) is 11.5 Å². The third-order valence-corrected chi connectivity index (χ3v) is 8.24. The number of likely N-dealkylation sites (N-methyl/N-ethyl adjacent to an activating group) is 1. The predicted octanol–water partition coefficient (Wildman–Crippen LogP) is 4.46. The molecule has 2 aliphatic rings. The van der Waals surface area contributed by atoms with Crippen LogP contribution in [0.2, 0.25) is 0 Å². The molecule has 3 aromatic rings. The molecule has 0 spiro atoms. The first-order chi connectivity index (χ1) is 20.9. The number of carbonyl (C=O) groups is 2. The van der Waals surface area contributed by atoms with Crippen LogP contribution in [0.4, 0.5) is 11.4 Å². The molecule has 2 amide bonds. The number of nitrogens with zero attached hydrogens (tertiary/aromatic N) is 3. The Hall–Kier alpha value is -4.08. The highest BCUT2D eigenvalue weighted by Crippen LogP contribution is 2.35. The summed E-state index contributed by atoms with van der Waals surface area (Å²) in [5.41, 5.74) is 11.1. The number of hydrogen-bond acceptors (Lipinski definition) is 7. The third kappa shape index (κ3) is 7.47. The first kappa shape index (κ1) is 30.4. The Bertz CT molecular complexity index is 1430. The van der Waals surface area contributed by atoms with Crippen molar-refractivity contribution in [3.63, 3.8) is 0 Å². The second-order valence-corrected chi connectivity index (χ2v) is 11.4. The van der Waals surface area contributed by atoms with Gasteiger partial charge in [-0.25, -0.2) is 0 Å². The molecule has 1 saturated carbocycles. The Morgan fingerprint density at radius 2 is 1.67 bits per heavy atom. The van der Waals surface area contributed by atoms with Crippen molar-refractivity contribution in [1.82, 2.24) is 9.80 Å². The van der Waals surface area contributed by atoms with Gasteiger partial charge in [-0.3, -0.25) is 9.59 Å². The summed E-state index contributed by atoms with van der Waals surface area (Å²) in [6, 6.07) is 19.7. The van der Waals surface area contributed by atoms with Crippen molar-refractivity contribution in [2.75, 3.05) is 70.8 Å². The van der Waals surface area contributed by atoms with Crippen molar-refractivity contribution < 1.29 is 19.1 Å². The van der Waals surface area contributed by atoms with Crippen molar-refractivity contribution in [3.8, 4) is 22.6 Å². The number of methoxy groups -OCH3 is 2. The average Bonchev–Trinajstić information content (AvgIpc) is 3.89. The zero-order valence-corrected chi connectivity index (χ0v) is 25.5. The van der Waals surface area contributed by atoms with Crippen LogP contribution < -0.4 is 25.4 Å². The van der Waals surface area contributed by atoms with E-state index in [0.717, 1.165) is 73.5 Å². The van der Waals surface area contributed by atoms with E-state index in [0.29, 0.717) is 36.7 Å². The van der Waals surface area contributed by atoms with E-state index in [1.165, 1.54) is 0 Å². The highest BCUT2D eigenvalue weighted by molar-refractivity contribution is 6.06. The van der Waals surface area contributed by atoms with Gasteiger partial charge in [-0.1, -0.05) is 24.3 Å². The van der Waals surface area contributed by atoms with Crippen LogP contribution in [0.3, 0.4) is 0 Å². The zero-order chi connectivity index (χ0) is 30.3. The van der Waals surface area contributed by atoms with Crippen molar-refractivity contribution in [1.29, 1.82) is 0 Å². The molecule has 0 aromatic heterocycles. The molecule has 9 heteroatoms. The van der Waals surface area contributed by atoms with Gasteiger partial charge in [0.2, 0.25) is 5.91 Å². The first-order valence-electron chi connectivity index (χ1n) is 15.1. The van der Waals surface area contributed by atoms with E-state index in [4.69, 9.17) is 15.2 Å². The molecular formula is C34H43N5O4. The summed E-state index contributed by atoms with van der Waals surface area (Å²) in [5, 5.41) is 3.18. The van der Waals surface area contributed by atoms with E-state index in [2.05, 4.69) is 52.5 Å². The third-order valence-electron chi connectivity index (χ3n) is 8.24. The van der Waals surface area contributed by atoms with Gasteiger partial charge in [0.05, 0.1) is 25.6 Å². The number of amides is 2.